The van der Waals surface area contributed by atoms with Gasteiger partial charge in [-0.3, -0.25) is 24.5 Å². The van der Waals surface area contributed by atoms with E-state index in [1.54, 1.807) is 0 Å². The highest BCUT2D eigenvalue weighted by atomic mass is 19.1. The van der Waals surface area contributed by atoms with Crippen molar-refractivity contribution >= 4 is 29.2 Å². The van der Waals surface area contributed by atoms with Gasteiger partial charge in [-0.1, -0.05) is 12.8 Å². The molecule has 2 aliphatic heterocycles. The summed E-state index contributed by atoms with van der Waals surface area (Å²) in [6, 6.07) is 1.92. The van der Waals surface area contributed by atoms with Gasteiger partial charge in [0.15, 0.2) is 0 Å². The second-order valence-corrected chi connectivity index (χ2v) is 9.81. The Bertz CT molecular complexity index is 993. The maximum Gasteiger partial charge on any atom is 0.255 e. The maximum absolute atomic E-state index is 14.6. The van der Waals surface area contributed by atoms with Gasteiger partial charge in [0.2, 0.25) is 11.8 Å². The summed E-state index contributed by atoms with van der Waals surface area (Å²) in [6.07, 6.45) is 7.37. The lowest BCUT2D eigenvalue weighted by Gasteiger charge is -2.39. The van der Waals surface area contributed by atoms with Crippen LogP contribution in [0.5, 0.6) is 0 Å². The fourth-order valence-corrected chi connectivity index (χ4v) is 5.36. The van der Waals surface area contributed by atoms with Crippen molar-refractivity contribution in [3.05, 3.63) is 29.1 Å². The Kier molecular flexibility index (Phi) is 5.26. The van der Waals surface area contributed by atoms with E-state index in [-0.39, 0.29) is 48.1 Å². The first-order chi connectivity index (χ1) is 15.3. The number of carbonyl (C=O) groups excluding carboxylic acids is 4. The number of piperidine rings is 1. The van der Waals surface area contributed by atoms with Gasteiger partial charge in [0.25, 0.3) is 5.91 Å². The number of hydrogen-bond acceptors (Lipinski definition) is 5. The molecule has 0 aromatic heterocycles. The quantitative estimate of drug-likeness (QED) is 0.662. The third-order valence-corrected chi connectivity index (χ3v) is 7.51. The van der Waals surface area contributed by atoms with E-state index >= 15 is 0 Å². The zero-order valence-electron chi connectivity index (χ0n) is 18.0. The molecule has 32 heavy (non-hydrogen) atoms. The van der Waals surface area contributed by atoms with E-state index in [2.05, 4.69) is 10.6 Å². The average Bonchev–Trinajstić information content (AvgIpc) is 3.53. The van der Waals surface area contributed by atoms with Crippen LogP contribution in [0.25, 0.3) is 0 Å². The van der Waals surface area contributed by atoms with E-state index < -0.39 is 17.8 Å². The van der Waals surface area contributed by atoms with Crippen molar-refractivity contribution in [3.8, 4) is 0 Å². The van der Waals surface area contributed by atoms with Gasteiger partial charge in [0.05, 0.1) is 0 Å². The number of rotatable bonds is 6. The van der Waals surface area contributed by atoms with E-state index in [0.29, 0.717) is 36.9 Å². The van der Waals surface area contributed by atoms with Crippen molar-refractivity contribution in [2.45, 2.75) is 82.3 Å². The van der Waals surface area contributed by atoms with Gasteiger partial charge in [-0.05, 0) is 50.2 Å². The number of carbonyl (C=O) groups is 4. The van der Waals surface area contributed by atoms with Crippen LogP contribution in [0.15, 0.2) is 12.1 Å². The molecule has 5 rings (SSSR count). The first-order valence-corrected chi connectivity index (χ1v) is 11.6. The zero-order valence-corrected chi connectivity index (χ0v) is 18.0. The summed E-state index contributed by atoms with van der Waals surface area (Å²) in [5.74, 6) is -0.708. The second-order valence-electron chi connectivity index (χ2n) is 9.81. The van der Waals surface area contributed by atoms with Crippen LogP contribution in [0, 0.1) is 11.7 Å². The van der Waals surface area contributed by atoms with Gasteiger partial charge in [-0.15, -0.1) is 0 Å². The Hall–Kier alpha value is -2.77. The molecule has 0 bridgehead atoms. The number of amides is 3. The van der Waals surface area contributed by atoms with Crippen LogP contribution in [0.4, 0.5) is 10.1 Å². The number of nitrogens with one attached hydrogen (secondary N) is 2. The highest BCUT2D eigenvalue weighted by Crippen LogP contribution is 2.42. The molecule has 0 radical (unpaired) electrons. The number of halogens is 1. The SMILES string of the molecule is O=C1CCC(CCC2CC2)(Nc2cc(F)cc3c2CN(C2CCC(=O)NC2=O)C3=O)CC1. The molecule has 1 aromatic rings. The fourth-order valence-electron chi connectivity index (χ4n) is 5.36. The molecular formula is C24H28FN3O4. The van der Waals surface area contributed by atoms with Gasteiger partial charge in [-0.25, -0.2) is 4.39 Å². The van der Waals surface area contributed by atoms with E-state index in [1.165, 1.54) is 29.9 Å². The van der Waals surface area contributed by atoms with Gasteiger partial charge in [0, 0.05) is 48.2 Å². The molecule has 3 amide bonds. The molecule has 4 aliphatic rings. The molecule has 2 aliphatic carbocycles. The first-order valence-electron chi connectivity index (χ1n) is 11.6. The van der Waals surface area contributed by atoms with Crippen molar-refractivity contribution in [3.63, 3.8) is 0 Å². The lowest BCUT2D eigenvalue weighted by molar-refractivity contribution is -0.137. The number of benzene rings is 1. The third-order valence-electron chi connectivity index (χ3n) is 7.51. The van der Waals surface area contributed by atoms with Crippen molar-refractivity contribution in [1.29, 1.82) is 0 Å². The molecule has 2 heterocycles. The van der Waals surface area contributed by atoms with Gasteiger partial charge >= 0.3 is 0 Å². The number of anilines is 1. The Labute approximate surface area is 186 Å². The Morgan fingerprint density at radius 2 is 1.81 bits per heavy atom. The van der Waals surface area contributed by atoms with Crippen LogP contribution in [0.2, 0.25) is 0 Å². The molecule has 3 fully saturated rings. The van der Waals surface area contributed by atoms with Crippen molar-refractivity contribution in [1.82, 2.24) is 10.2 Å². The summed E-state index contributed by atoms with van der Waals surface area (Å²) < 4.78 is 14.6. The summed E-state index contributed by atoms with van der Waals surface area (Å²) in [5.41, 5.74) is 1.24. The van der Waals surface area contributed by atoms with Gasteiger partial charge < -0.3 is 10.2 Å². The topological polar surface area (TPSA) is 95.6 Å². The van der Waals surface area contributed by atoms with E-state index in [9.17, 15) is 23.6 Å². The molecule has 0 spiro atoms. The lowest BCUT2D eigenvalue weighted by atomic mass is 9.77. The molecule has 7 nitrogen and oxygen atoms in total. The standard InChI is InChI=1S/C24H28FN3O4/c25-15-11-17-18(13-28(23(17)32)20-3-4-21(30)26-22(20)31)19(12-15)27-24(8-5-14-1-2-14)9-6-16(29)7-10-24/h11-12,14,20,27H,1-10,13H2,(H,26,30,31). The largest absolute Gasteiger partial charge is 0.379 e. The smallest absolute Gasteiger partial charge is 0.255 e. The summed E-state index contributed by atoms with van der Waals surface area (Å²) in [7, 11) is 0. The second kappa shape index (κ2) is 7.98. The van der Waals surface area contributed by atoms with Crippen LogP contribution < -0.4 is 10.6 Å². The summed E-state index contributed by atoms with van der Waals surface area (Å²) >= 11 is 0. The molecular weight excluding hydrogens is 413 g/mol. The first kappa shape index (κ1) is 21.1. The van der Waals surface area contributed by atoms with Crippen LogP contribution in [-0.4, -0.2) is 40.0 Å². The number of imide groups is 1. The lowest BCUT2D eigenvalue weighted by Crippen LogP contribution is -2.52. The Morgan fingerprint density at radius 3 is 2.50 bits per heavy atom. The van der Waals surface area contributed by atoms with Gasteiger partial charge in [0.1, 0.15) is 17.6 Å². The highest BCUT2D eigenvalue weighted by molar-refractivity contribution is 6.06. The number of fused-ring (bicyclic) bond motifs is 1. The monoisotopic (exact) mass is 441 g/mol. The van der Waals surface area contributed by atoms with Crippen molar-refractivity contribution < 1.29 is 23.6 Å². The Morgan fingerprint density at radius 1 is 1.06 bits per heavy atom. The number of ketones is 1. The predicted octanol–water partition coefficient (Wildman–Crippen LogP) is 3.07. The Balaban J connectivity index is 1.42. The summed E-state index contributed by atoms with van der Waals surface area (Å²) in [4.78, 5) is 50.3. The summed E-state index contributed by atoms with van der Waals surface area (Å²) in [6.45, 7) is 0.195. The van der Waals surface area contributed by atoms with E-state index in [0.717, 1.165) is 18.8 Å². The van der Waals surface area contributed by atoms with E-state index in [4.69, 9.17) is 0 Å². The highest BCUT2D eigenvalue weighted by Gasteiger charge is 2.42. The molecule has 1 aromatic carbocycles. The molecule has 170 valence electrons. The van der Waals surface area contributed by atoms with Crippen LogP contribution in [-0.2, 0) is 20.9 Å². The number of hydrogen-bond donors (Lipinski definition) is 2. The fraction of sp³-hybridized carbons (Fsp3) is 0.583. The zero-order chi connectivity index (χ0) is 22.5. The van der Waals surface area contributed by atoms with Crippen LogP contribution >= 0.6 is 0 Å². The molecule has 1 saturated heterocycles. The minimum Gasteiger partial charge on any atom is -0.379 e. The molecule has 8 heteroatoms. The molecule has 2 saturated carbocycles. The maximum atomic E-state index is 14.6. The number of Topliss-reactive ketones (excluding diaryl/α,β-unsaturated/α-hetero) is 1. The van der Waals surface area contributed by atoms with Gasteiger partial charge in [-0.2, -0.15) is 0 Å². The predicted molar refractivity (Wildman–Crippen MR) is 114 cm³/mol. The van der Waals surface area contributed by atoms with Crippen LogP contribution in [0.3, 0.4) is 0 Å². The normalized spacial score (nSPS) is 25.0. The number of nitrogens with zero attached hydrogens (tertiary/aromatic N) is 1. The molecule has 2 N–H and O–H groups in total. The van der Waals surface area contributed by atoms with Crippen molar-refractivity contribution in [2.75, 3.05) is 5.32 Å². The van der Waals surface area contributed by atoms with Crippen molar-refractivity contribution in [2.24, 2.45) is 5.92 Å². The average molecular weight is 442 g/mol. The van der Waals surface area contributed by atoms with E-state index in [1.807, 2.05) is 0 Å². The third kappa shape index (κ3) is 4.02. The summed E-state index contributed by atoms with van der Waals surface area (Å²) in [5, 5.41) is 5.87. The minimum absolute atomic E-state index is 0.175. The molecule has 1 atom stereocenters. The van der Waals surface area contributed by atoms with Crippen LogP contribution in [0.1, 0.15) is 80.1 Å². The minimum atomic E-state index is -0.736. The molecule has 1 unspecified atom stereocenters.